The van der Waals surface area contributed by atoms with E-state index in [9.17, 15) is 9.59 Å². The number of carbonyl (C=O) groups is 1. The van der Waals surface area contributed by atoms with E-state index in [1.165, 1.54) is 17.7 Å². The molecule has 0 spiro atoms. The quantitative estimate of drug-likeness (QED) is 0.906. The molecule has 1 amide bonds. The van der Waals surface area contributed by atoms with Gasteiger partial charge in [-0.05, 0) is 18.2 Å². The van der Waals surface area contributed by atoms with Gasteiger partial charge in [0.05, 0.1) is 17.6 Å². The van der Waals surface area contributed by atoms with E-state index in [4.69, 9.17) is 22.1 Å². The molecule has 0 aliphatic heterocycles. The van der Waals surface area contributed by atoms with Crippen molar-refractivity contribution in [1.29, 1.82) is 0 Å². The van der Waals surface area contributed by atoms with Crippen molar-refractivity contribution in [2.45, 2.75) is 6.54 Å². The number of carbonyl (C=O) groups excluding carboxylic acids is 1. The highest BCUT2D eigenvalue weighted by Crippen LogP contribution is 2.25. The molecule has 2 aromatic rings. The Kier molecular flexibility index (Phi) is 3.25. The first-order valence-electron chi connectivity index (χ1n) is 5.18. The number of halogens is 1. The van der Waals surface area contributed by atoms with Gasteiger partial charge in [0.15, 0.2) is 0 Å². The van der Waals surface area contributed by atoms with Gasteiger partial charge in [-0.15, -0.1) is 0 Å². The van der Waals surface area contributed by atoms with Crippen molar-refractivity contribution in [3.05, 3.63) is 39.6 Å². The lowest BCUT2D eigenvalue weighted by Gasteiger charge is -2.10. The van der Waals surface area contributed by atoms with Gasteiger partial charge in [0.25, 0.3) is 5.56 Å². The molecule has 0 fully saturated rings. The van der Waals surface area contributed by atoms with Crippen molar-refractivity contribution in [3.8, 4) is 5.75 Å². The maximum absolute atomic E-state index is 11.8. The van der Waals surface area contributed by atoms with Crippen molar-refractivity contribution in [2.24, 2.45) is 5.73 Å². The average Bonchev–Trinajstić information content (AvgIpc) is 2.33. The molecule has 0 saturated heterocycles. The molecule has 2 N–H and O–H groups in total. The summed E-state index contributed by atoms with van der Waals surface area (Å²) in [5, 5.41) is 0.950. The third kappa shape index (κ3) is 2.17. The Morgan fingerprint density at radius 3 is 2.78 bits per heavy atom. The second kappa shape index (κ2) is 4.70. The van der Waals surface area contributed by atoms with E-state index in [1.54, 1.807) is 18.2 Å². The Morgan fingerprint density at radius 2 is 2.17 bits per heavy atom. The number of primary amides is 1. The SMILES string of the molecule is COc1ccc2c(c1)c(Cl)cc(=O)n2CC(N)=O. The minimum absolute atomic E-state index is 0.182. The number of rotatable bonds is 3. The zero-order valence-electron chi connectivity index (χ0n) is 9.64. The monoisotopic (exact) mass is 266 g/mol. The van der Waals surface area contributed by atoms with Gasteiger partial charge in [0, 0.05) is 11.5 Å². The van der Waals surface area contributed by atoms with Crippen LogP contribution in [0.25, 0.3) is 10.9 Å². The zero-order chi connectivity index (χ0) is 13.3. The molecule has 2 rings (SSSR count). The molecule has 6 heteroatoms. The van der Waals surface area contributed by atoms with Crippen LogP contribution in [0, 0.1) is 0 Å². The summed E-state index contributed by atoms with van der Waals surface area (Å²) in [5.41, 5.74) is 5.31. The summed E-state index contributed by atoms with van der Waals surface area (Å²) in [6.45, 7) is -0.182. The van der Waals surface area contributed by atoms with Crippen LogP contribution in [-0.2, 0) is 11.3 Å². The van der Waals surface area contributed by atoms with Gasteiger partial charge in [-0.1, -0.05) is 11.6 Å². The lowest BCUT2D eigenvalue weighted by atomic mass is 10.2. The summed E-state index contributed by atoms with van der Waals surface area (Å²) < 4.78 is 6.37. The fourth-order valence-corrected chi connectivity index (χ4v) is 2.02. The summed E-state index contributed by atoms with van der Waals surface area (Å²) in [6.07, 6.45) is 0. The number of nitrogens with two attached hydrogens (primary N) is 1. The van der Waals surface area contributed by atoms with Gasteiger partial charge in [-0.2, -0.15) is 0 Å². The molecule has 5 nitrogen and oxygen atoms in total. The molecule has 1 heterocycles. The fraction of sp³-hybridized carbons (Fsp3) is 0.167. The Hall–Kier alpha value is -2.01. The van der Waals surface area contributed by atoms with Crippen molar-refractivity contribution in [3.63, 3.8) is 0 Å². The van der Waals surface area contributed by atoms with Crippen molar-refractivity contribution < 1.29 is 9.53 Å². The van der Waals surface area contributed by atoms with Gasteiger partial charge in [0.2, 0.25) is 5.91 Å². The summed E-state index contributed by atoms with van der Waals surface area (Å²) in [7, 11) is 1.54. The Morgan fingerprint density at radius 1 is 1.44 bits per heavy atom. The molecule has 0 aliphatic rings. The molecule has 1 aromatic carbocycles. The number of fused-ring (bicyclic) bond motifs is 1. The molecule has 0 bridgehead atoms. The predicted octanol–water partition coefficient (Wildman–Crippen LogP) is 1.15. The Balaban J connectivity index is 2.78. The predicted molar refractivity (Wildman–Crippen MR) is 69.0 cm³/mol. The van der Waals surface area contributed by atoms with Crippen LogP contribution in [0.15, 0.2) is 29.1 Å². The molecule has 0 unspecified atom stereocenters. The van der Waals surface area contributed by atoms with Crippen LogP contribution in [0.1, 0.15) is 0 Å². The van der Waals surface area contributed by atoms with Crippen LogP contribution in [0.3, 0.4) is 0 Å². The smallest absolute Gasteiger partial charge is 0.252 e. The number of benzene rings is 1. The topological polar surface area (TPSA) is 74.3 Å². The molecule has 0 atom stereocenters. The van der Waals surface area contributed by atoms with E-state index < -0.39 is 5.91 Å². The molecule has 1 aromatic heterocycles. The normalized spacial score (nSPS) is 10.6. The number of amides is 1. The highest BCUT2D eigenvalue weighted by Gasteiger charge is 2.10. The highest BCUT2D eigenvalue weighted by molar-refractivity contribution is 6.35. The second-order valence-electron chi connectivity index (χ2n) is 3.77. The van der Waals surface area contributed by atoms with Gasteiger partial charge in [-0.25, -0.2) is 0 Å². The summed E-state index contributed by atoms with van der Waals surface area (Å²) in [5.74, 6) is 0.0326. The number of nitrogens with zero attached hydrogens (tertiary/aromatic N) is 1. The molecular formula is C12H11ClN2O3. The first-order valence-corrected chi connectivity index (χ1v) is 5.56. The molecule has 18 heavy (non-hydrogen) atoms. The van der Waals surface area contributed by atoms with Crippen LogP contribution in [0.2, 0.25) is 5.02 Å². The molecule has 0 radical (unpaired) electrons. The fourth-order valence-electron chi connectivity index (χ4n) is 1.77. The minimum atomic E-state index is -0.587. The lowest BCUT2D eigenvalue weighted by Crippen LogP contribution is -2.27. The van der Waals surface area contributed by atoms with Crippen molar-refractivity contribution in [2.75, 3.05) is 7.11 Å². The van der Waals surface area contributed by atoms with E-state index in [1.807, 2.05) is 0 Å². The van der Waals surface area contributed by atoms with Crippen molar-refractivity contribution in [1.82, 2.24) is 4.57 Å². The number of hydrogen-bond acceptors (Lipinski definition) is 3. The molecule has 0 aliphatic carbocycles. The van der Waals surface area contributed by atoms with Crippen LogP contribution >= 0.6 is 11.6 Å². The lowest BCUT2D eigenvalue weighted by molar-refractivity contribution is -0.118. The third-order valence-electron chi connectivity index (χ3n) is 2.58. The van der Waals surface area contributed by atoms with E-state index in [0.29, 0.717) is 21.7 Å². The van der Waals surface area contributed by atoms with Crippen LogP contribution < -0.4 is 16.0 Å². The molecular weight excluding hydrogens is 256 g/mol. The Bertz CT molecular complexity index is 679. The number of aromatic nitrogens is 1. The van der Waals surface area contributed by atoms with Crippen LogP contribution in [0.5, 0.6) is 5.75 Å². The van der Waals surface area contributed by atoms with E-state index in [0.717, 1.165) is 0 Å². The van der Waals surface area contributed by atoms with Gasteiger partial charge >= 0.3 is 0 Å². The zero-order valence-corrected chi connectivity index (χ0v) is 10.4. The number of ether oxygens (including phenoxy) is 1. The standard InChI is InChI=1S/C12H11ClN2O3/c1-18-7-2-3-10-8(4-7)9(13)5-12(17)15(10)6-11(14)16/h2-5H,6H2,1H3,(H2,14,16). The second-order valence-corrected chi connectivity index (χ2v) is 4.17. The minimum Gasteiger partial charge on any atom is -0.497 e. The Labute approximate surface area is 108 Å². The summed E-state index contributed by atoms with van der Waals surface area (Å²) >= 11 is 6.01. The first kappa shape index (κ1) is 12.4. The van der Waals surface area contributed by atoms with E-state index in [-0.39, 0.29) is 12.1 Å². The largest absolute Gasteiger partial charge is 0.497 e. The van der Waals surface area contributed by atoms with Crippen LogP contribution in [-0.4, -0.2) is 17.6 Å². The average molecular weight is 267 g/mol. The maximum Gasteiger partial charge on any atom is 0.252 e. The van der Waals surface area contributed by atoms with E-state index in [2.05, 4.69) is 0 Å². The number of pyridine rings is 1. The maximum atomic E-state index is 11.8. The van der Waals surface area contributed by atoms with E-state index >= 15 is 0 Å². The van der Waals surface area contributed by atoms with Crippen molar-refractivity contribution >= 4 is 28.4 Å². The van der Waals surface area contributed by atoms with Gasteiger partial charge < -0.3 is 10.5 Å². The number of methoxy groups -OCH3 is 1. The summed E-state index contributed by atoms with van der Waals surface area (Å²) in [4.78, 5) is 22.8. The molecule has 94 valence electrons. The van der Waals surface area contributed by atoms with Gasteiger partial charge in [-0.3, -0.25) is 14.2 Å². The highest BCUT2D eigenvalue weighted by atomic mass is 35.5. The van der Waals surface area contributed by atoms with Crippen LogP contribution in [0.4, 0.5) is 0 Å². The first-order chi connectivity index (χ1) is 8.52. The molecule has 0 saturated carbocycles. The van der Waals surface area contributed by atoms with Gasteiger partial charge in [0.1, 0.15) is 12.3 Å². The summed E-state index contributed by atoms with van der Waals surface area (Å²) in [6, 6.07) is 6.32. The third-order valence-corrected chi connectivity index (χ3v) is 2.89. The number of hydrogen-bond donors (Lipinski definition) is 1.